The Labute approximate surface area is 170 Å². The van der Waals surface area contributed by atoms with E-state index in [1.54, 1.807) is 12.3 Å². The van der Waals surface area contributed by atoms with Gasteiger partial charge in [0, 0.05) is 24.5 Å². The van der Waals surface area contributed by atoms with Crippen molar-refractivity contribution < 1.29 is 4.79 Å². The number of aryl methyl sites for hydroxylation is 1. The lowest BCUT2D eigenvalue weighted by molar-refractivity contribution is 0.118. The van der Waals surface area contributed by atoms with Gasteiger partial charge in [0.05, 0.1) is 18.1 Å². The Kier molecular flexibility index (Phi) is 5.34. The summed E-state index contributed by atoms with van der Waals surface area (Å²) in [6.07, 6.45) is 2.69. The Morgan fingerprint density at radius 2 is 1.90 bits per heavy atom. The largest absolute Gasteiger partial charge is 0.334 e. The molecule has 1 aliphatic heterocycles. The average Bonchev–Trinajstić information content (AvgIpc) is 2.68. The summed E-state index contributed by atoms with van der Waals surface area (Å²) >= 11 is 0. The Balaban J connectivity index is 1.29. The van der Waals surface area contributed by atoms with Crippen molar-refractivity contribution in [2.75, 3.05) is 13.1 Å². The summed E-state index contributed by atoms with van der Waals surface area (Å²) < 4.78 is 1.42. The first-order valence-electron chi connectivity index (χ1n) is 10.1. The van der Waals surface area contributed by atoms with Gasteiger partial charge in [-0.1, -0.05) is 48.0 Å². The molecule has 0 aliphatic carbocycles. The first-order valence-corrected chi connectivity index (χ1v) is 10.1. The van der Waals surface area contributed by atoms with E-state index in [9.17, 15) is 9.59 Å². The first-order chi connectivity index (χ1) is 14.0. The van der Waals surface area contributed by atoms with Crippen molar-refractivity contribution in [2.45, 2.75) is 32.9 Å². The first kappa shape index (κ1) is 19.2. The highest BCUT2D eigenvalue weighted by molar-refractivity contribution is 5.80. The second-order valence-corrected chi connectivity index (χ2v) is 8.03. The van der Waals surface area contributed by atoms with Crippen LogP contribution in [0.15, 0.2) is 59.5 Å². The molecule has 0 radical (unpaired) electrons. The third-order valence-electron chi connectivity index (χ3n) is 5.47. The number of nitrogens with zero attached hydrogens (tertiary/aromatic N) is 3. The van der Waals surface area contributed by atoms with E-state index >= 15 is 0 Å². The molecule has 1 aromatic heterocycles. The smallest absolute Gasteiger partial charge is 0.317 e. The van der Waals surface area contributed by atoms with E-state index in [4.69, 9.17) is 0 Å². The molecule has 0 saturated carbocycles. The van der Waals surface area contributed by atoms with Crippen LogP contribution in [0.5, 0.6) is 0 Å². The fourth-order valence-corrected chi connectivity index (χ4v) is 3.79. The standard InChI is InChI=1S/C23H26N4O2/c1-16-7-9-18(10-8-16)11-19-14-26(15-19)23(29)25-17(2)13-27-22(28)21-6-4-3-5-20(21)12-24-27/h3-10,12,17,19H,11,13-15H2,1-2H3,(H,25,29). The molecule has 2 aromatic carbocycles. The molecule has 2 amide bonds. The lowest BCUT2D eigenvalue weighted by atomic mass is 9.92. The van der Waals surface area contributed by atoms with Crippen LogP contribution in [0.2, 0.25) is 0 Å². The van der Waals surface area contributed by atoms with Gasteiger partial charge in [0.15, 0.2) is 0 Å². The molecule has 1 fully saturated rings. The number of fused-ring (bicyclic) bond motifs is 1. The maximum atomic E-state index is 12.6. The second-order valence-electron chi connectivity index (χ2n) is 8.03. The zero-order valence-electron chi connectivity index (χ0n) is 16.8. The van der Waals surface area contributed by atoms with Crippen molar-refractivity contribution in [1.82, 2.24) is 20.0 Å². The Morgan fingerprint density at radius 3 is 2.66 bits per heavy atom. The van der Waals surface area contributed by atoms with Gasteiger partial charge in [-0.25, -0.2) is 9.48 Å². The molecular formula is C23H26N4O2. The van der Waals surface area contributed by atoms with Crippen molar-refractivity contribution in [3.63, 3.8) is 0 Å². The topological polar surface area (TPSA) is 67.2 Å². The maximum absolute atomic E-state index is 12.6. The Hall–Kier alpha value is -3.15. The van der Waals surface area contributed by atoms with Gasteiger partial charge in [0.1, 0.15) is 0 Å². The number of nitrogens with one attached hydrogen (secondary N) is 1. The molecule has 1 saturated heterocycles. The van der Waals surface area contributed by atoms with Gasteiger partial charge in [0.2, 0.25) is 0 Å². The lowest BCUT2D eigenvalue weighted by Gasteiger charge is -2.40. The highest BCUT2D eigenvalue weighted by atomic mass is 16.2. The number of aromatic nitrogens is 2. The van der Waals surface area contributed by atoms with Crippen LogP contribution in [-0.4, -0.2) is 39.8 Å². The van der Waals surface area contributed by atoms with Crippen LogP contribution >= 0.6 is 0 Å². The number of carbonyl (C=O) groups excluding carboxylic acids is 1. The lowest BCUT2D eigenvalue weighted by Crippen LogP contribution is -2.56. The normalized spacial score (nSPS) is 15.2. The van der Waals surface area contributed by atoms with Crippen molar-refractivity contribution in [3.8, 4) is 0 Å². The molecular weight excluding hydrogens is 364 g/mol. The highest BCUT2D eigenvalue weighted by Gasteiger charge is 2.31. The van der Waals surface area contributed by atoms with Crippen LogP contribution in [-0.2, 0) is 13.0 Å². The van der Waals surface area contributed by atoms with Crippen molar-refractivity contribution in [2.24, 2.45) is 5.92 Å². The van der Waals surface area contributed by atoms with Crippen molar-refractivity contribution in [3.05, 3.63) is 76.2 Å². The minimum atomic E-state index is -0.190. The predicted octanol–water partition coefficient (Wildman–Crippen LogP) is 2.98. The van der Waals surface area contributed by atoms with Gasteiger partial charge < -0.3 is 10.2 Å². The molecule has 150 valence electrons. The predicted molar refractivity (Wildman–Crippen MR) is 114 cm³/mol. The molecule has 1 unspecified atom stereocenters. The van der Waals surface area contributed by atoms with Crippen molar-refractivity contribution in [1.29, 1.82) is 0 Å². The zero-order chi connectivity index (χ0) is 20.4. The quantitative estimate of drug-likeness (QED) is 0.728. The number of likely N-dealkylation sites (tertiary alicyclic amines) is 1. The van der Waals surface area contributed by atoms with Gasteiger partial charge in [-0.2, -0.15) is 5.10 Å². The molecule has 0 spiro atoms. The molecule has 2 heterocycles. The van der Waals surface area contributed by atoms with Gasteiger partial charge in [-0.05, 0) is 37.8 Å². The van der Waals surface area contributed by atoms with Gasteiger partial charge in [-0.15, -0.1) is 0 Å². The molecule has 6 nitrogen and oxygen atoms in total. The fraction of sp³-hybridized carbons (Fsp3) is 0.348. The van der Waals surface area contributed by atoms with Crippen molar-refractivity contribution >= 4 is 16.8 Å². The van der Waals surface area contributed by atoms with Crippen LogP contribution in [0.4, 0.5) is 4.79 Å². The number of benzene rings is 2. The zero-order valence-corrected chi connectivity index (χ0v) is 16.8. The summed E-state index contributed by atoms with van der Waals surface area (Å²) in [6.45, 7) is 5.85. The number of hydrogen-bond donors (Lipinski definition) is 1. The monoisotopic (exact) mass is 390 g/mol. The summed E-state index contributed by atoms with van der Waals surface area (Å²) in [7, 11) is 0. The summed E-state index contributed by atoms with van der Waals surface area (Å²) in [5.41, 5.74) is 2.44. The van der Waals surface area contributed by atoms with Gasteiger partial charge >= 0.3 is 6.03 Å². The van der Waals surface area contributed by atoms with E-state index in [1.807, 2.05) is 30.0 Å². The molecule has 6 heteroatoms. The van der Waals surface area contributed by atoms with E-state index in [-0.39, 0.29) is 17.6 Å². The van der Waals surface area contributed by atoms with E-state index in [0.717, 1.165) is 24.9 Å². The number of urea groups is 1. The third kappa shape index (κ3) is 4.31. The van der Waals surface area contributed by atoms with Gasteiger partial charge in [0.25, 0.3) is 5.56 Å². The summed E-state index contributed by atoms with van der Waals surface area (Å²) in [6, 6.07) is 15.7. The molecule has 4 rings (SSSR count). The minimum absolute atomic E-state index is 0.0773. The average molecular weight is 390 g/mol. The van der Waals surface area contributed by atoms with Crippen LogP contribution < -0.4 is 10.9 Å². The van der Waals surface area contributed by atoms with Gasteiger partial charge in [-0.3, -0.25) is 4.79 Å². The van der Waals surface area contributed by atoms with Crippen LogP contribution in [0.25, 0.3) is 10.8 Å². The third-order valence-corrected chi connectivity index (χ3v) is 5.47. The molecule has 0 bridgehead atoms. The highest BCUT2D eigenvalue weighted by Crippen LogP contribution is 2.20. The summed E-state index contributed by atoms with van der Waals surface area (Å²) in [4.78, 5) is 26.9. The van der Waals surface area contributed by atoms with Crippen LogP contribution in [0.3, 0.4) is 0 Å². The number of carbonyl (C=O) groups is 1. The SMILES string of the molecule is Cc1ccc(CC2CN(C(=O)NC(C)Cn3ncc4ccccc4c3=O)C2)cc1. The maximum Gasteiger partial charge on any atom is 0.317 e. The van der Waals surface area contributed by atoms with E-state index in [1.165, 1.54) is 15.8 Å². The summed E-state index contributed by atoms with van der Waals surface area (Å²) in [5, 5.41) is 8.69. The number of rotatable bonds is 5. The molecule has 1 N–H and O–H groups in total. The summed E-state index contributed by atoms with van der Waals surface area (Å²) in [5.74, 6) is 0.503. The van der Waals surface area contributed by atoms with Crippen LogP contribution in [0, 0.1) is 12.8 Å². The Morgan fingerprint density at radius 1 is 1.17 bits per heavy atom. The number of amides is 2. The van der Waals surface area contributed by atoms with Crippen LogP contribution in [0.1, 0.15) is 18.1 Å². The molecule has 1 aliphatic rings. The van der Waals surface area contributed by atoms with E-state index in [2.05, 4.69) is 41.6 Å². The van der Waals surface area contributed by atoms with E-state index < -0.39 is 0 Å². The second kappa shape index (κ2) is 8.07. The molecule has 1 atom stereocenters. The van der Waals surface area contributed by atoms with E-state index in [0.29, 0.717) is 17.8 Å². The molecule has 3 aromatic rings. The minimum Gasteiger partial charge on any atom is -0.334 e. The number of hydrogen-bond acceptors (Lipinski definition) is 3. The molecule has 29 heavy (non-hydrogen) atoms. The Bertz CT molecular complexity index is 1070. The fourth-order valence-electron chi connectivity index (χ4n) is 3.79.